The largest absolute Gasteiger partial charge is 0.398 e. The smallest absolute Gasteiger partial charge is 0.263 e. The molecule has 0 aliphatic rings. The van der Waals surface area contributed by atoms with Crippen LogP contribution in [-0.4, -0.2) is 18.6 Å². The number of anilines is 2. The number of rotatable bonds is 3. The van der Waals surface area contributed by atoms with Crippen molar-refractivity contribution >= 4 is 32.2 Å². The lowest BCUT2D eigenvalue weighted by Gasteiger charge is -2.06. The van der Waals surface area contributed by atoms with Crippen molar-refractivity contribution in [2.45, 2.75) is 18.7 Å². The summed E-state index contributed by atoms with van der Waals surface area (Å²) in [4.78, 5) is 0.110. The van der Waals surface area contributed by atoms with E-state index < -0.39 is 10.0 Å². The normalized spacial score (nSPS) is 11.4. The van der Waals surface area contributed by atoms with Gasteiger partial charge in [0.1, 0.15) is 5.01 Å². The number of hydrogen-bond acceptors (Lipinski definition) is 6. The van der Waals surface area contributed by atoms with Crippen LogP contribution in [-0.2, 0) is 10.0 Å². The number of nitrogen functional groups attached to an aromatic ring is 1. The van der Waals surface area contributed by atoms with Crippen LogP contribution in [0, 0.1) is 13.8 Å². The average Bonchev–Trinajstić information content (AvgIpc) is 2.67. The number of aryl methyl sites for hydroxylation is 2. The van der Waals surface area contributed by atoms with Gasteiger partial charge in [0.25, 0.3) is 10.0 Å². The fourth-order valence-corrected chi connectivity index (χ4v) is 3.15. The molecule has 6 nitrogen and oxygen atoms in total. The van der Waals surface area contributed by atoms with E-state index in [1.54, 1.807) is 13.0 Å². The zero-order valence-electron chi connectivity index (χ0n) is 9.84. The Labute approximate surface area is 109 Å². The highest BCUT2D eigenvalue weighted by Crippen LogP contribution is 2.21. The molecule has 1 aromatic carbocycles. The van der Waals surface area contributed by atoms with Crippen LogP contribution in [0.25, 0.3) is 0 Å². The van der Waals surface area contributed by atoms with Gasteiger partial charge in [0.15, 0.2) is 0 Å². The zero-order chi connectivity index (χ0) is 13.3. The molecule has 18 heavy (non-hydrogen) atoms. The number of nitrogens with one attached hydrogen (secondary N) is 1. The van der Waals surface area contributed by atoms with Crippen LogP contribution < -0.4 is 10.5 Å². The Morgan fingerprint density at radius 1 is 1.28 bits per heavy atom. The Kier molecular flexibility index (Phi) is 3.22. The number of aromatic nitrogens is 2. The predicted octanol–water partition coefficient (Wildman–Crippen LogP) is 1.54. The molecule has 0 aliphatic carbocycles. The molecule has 0 unspecified atom stereocenters. The molecule has 0 atom stereocenters. The molecule has 8 heteroatoms. The Morgan fingerprint density at radius 3 is 2.56 bits per heavy atom. The van der Waals surface area contributed by atoms with E-state index in [2.05, 4.69) is 14.9 Å². The maximum Gasteiger partial charge on any atom is 0.263 e. The van der Waals surface area contributed by atoms with E-state index in [9.17, 15) is 8.42 Å². The van der Waals surface area contributed by atoms with Crippen LogP contribution in [0.3, 0.4) is 0 Å². The third-order valence-electron chi connectivity index (χ3n) is 2.31. The molecule has 0 aliphatic heterocycles. The number of sulfonamides is 1. The Morgan fingerprint density at radius 2 is 2.00 bits per heavy atom. The minimum atomic E-state index is -3.66. The third kappa shape index (κ3) is 2.59. The van der Waals surface area contributed by atoms with Gasteiger partial charge in [-0.25, -0.2) is 8.42 Å². The first-order valence-electron chi connectivity index (χ1n) is 5.07. The van der Waals surface area contributed by atoms with Gasteiger partial charge >= 0.3 is 0 Å². The molecule has 0 fully saturated rings. The molecule has 2 aromatic rings. The molecule has 1 heterocycles. The lowest BCUT2D eigenvalue weighted by atomic mass is 10.2. The topological polar surface area (TPSA) is 98.0 Å². The monoisotopic (exact) mass is 284 g/mol. The lowest BCUT2D eigenvalue weighted by Crippen LogP contribution is -2.13. The zero-order valence-corrected chi connectivity index (χ0v) is 11.5. The molecule has 0 saturated heterocycles. The summed E-state index contributed by atoms with van der Waals surface area (Å²) >= 11 is 1.17. The van der Waals surface area contributed by atoms with Gasteiger partial charge in [-0.3, -0.25) is 4.72 Å². The minimum Gasteiger partial charge on any atom is -0.398 e. The number of benzene rings is 1. The summed E-state index contributed by atoms with van der Waals surface area (Å²) in [7, 11) is -3.66. The van der Waals surface area contributed by atoms with E-state index in [4.69, 9.17) is 5.73 Å². The van der Waals surface area contributed by atoms with Gasteiger partial charge in [-0.1, -0.05) is 17.4 Å². The van der Waals surface area contributed by atoms with Crippen molar-refractivity contribution in [3.05, 3.63) is 28.8 Å². The van der Waals surface area contributed by atoms with Gasteiger partial charge < -0.3 is 5.73 Å². The van der Waals surface area contributed by atoms with E-state index in [0.29, 0.717) is 10.7 Å². The van der Waals surface area contributed by atoms with Crippen LogP contribution >= 0.6 is 11.3 Å². The molecule has 0 amide bonds. The van der Waals surface area contributed by atoms with E-state index in [1.807, 2.05) is 6.92 Å². The van der Waals surface area contributed by atoms with Crippen LogP contribution in [0.2, 0.25) is 0 Å². The maximum absolute atomic E-state index is 12.0. The van der Waals surface area contributed by atoms with E-state index in [-0.39, 0.29) is 10.0 Å². The fourth-order valence-electron chi connectivity index (χ4n) is 1.30. The van der Waals surface area contributed by atoms with Crippen LogP contribution in [0.5, 0.6) is 0 Å². The lowest BCUT2D eigenvalue weighted by molar-refractivity contribution is 0.601. The quantitative estimate of drug-likeness (QED) is 0.833. The molecule has 0 spiro atoms. The van der Waals surface area contributed by atoms with Crippen LogP contribution in [0.4, 0.5) is 10.8 Å². The molecule has 0 radical (unpaired) electrons. The van der Waals surface area contributed by atoms with Gasteiger partial charge in [-0.2, -0.15) is 0 Å². The summed E-state index contributed by atoms with van der Waals surface area (Å²) in [5.74, 6) is 0. The predicted molar refractivity (Wildman–Crippen MR) is 71.0 cm³/mol. The van der Waals surface area contributed by atoms with Crippen molar-refractivity contribution in [1.82, 2.24) is 10.2 Å². The number of hydrogen-bond donors (Lipinski definition) is 2. The minimum absolute atomic E-state index is 0.110. The second-order valence-corrected chi connectivity index (χ2v) is 6.61. The third-order valence-corrected chi connectivity index (χ3v) is 4.53. The SMILES string of the molecule is Cc1nnc(NS(=O)(=O)c2ccc(C)c(N)c2)s1. The highest BCUT2D eigenvalue weighted by atomic mass is 32.2. The molecule has 3 N–H and O–H groups in total. The standard InChI is InChI=1S/C10H12N4O2S2/c1-6-3-4-8(5-9(6)11)18(15,16)14-10-13-12-7(2)17-10/h3-5H,11H2,1-2H3,(H,13,14). The first-order valence-corrected chi connectivity index (χ1v) is 7.37. The molecule has 96 valence electrons. The van der Waals surface area contributed by atoms with Crippen LogP contribution in [0.1, 0.15) is 10.6 Å². The van der Waals surface area contributed by atoms with Crippen molar-refractivity contribution < 1.29 is 8.42 Å². The van der Waals surface area contributed by atoms with Gasteiger partial charge in [-0.05, 0) is 31.5 Å². The Balaban J connectivity index is 2.33. The maximum atomic E-state index is 12.0. The molecule has 2 rings (SSSR count). The second kappa shape index (κ2) is 4.54. The van der Waals surface area contributed by atoms with Crippen LogP contribution in [0.15, 0.2) is 23.1 Å². The fraction of sp³-hybridized carbons (Fsp3) is 0.200. The first-order chi connectivity index (χ1) is 8.38. The van der Waals surface area contributed by atoms with E-state index in [1.165, 1.54) is 23.5 Å². The van der Waals surface area contributed by atoms with Crippen molar-refractivity contribution in [3.63, 3.8) is 0 Å². The molecule has 0 bridgehead atoms. The van der Waals surface area contributed by atoms with Crippen molar-refractivity contribution in [2.24, 2.45) is 0 Å². The summed E-state index contributed by atoms with van der Waals surface area (Å²) in [6, 6.07) is 4.59. The van der Waals surface area contributed by atoms with E-state index in [0.717, 1.165) is 5.56 Å². The second-order valence-electron chi connectivity index (χ2n) is 3.75. The molecule has 1 aromatic heterocycles. The summed E-state index contributed by atoms with van der Waals surface area (Å²) < 4.78 is 26.5. The summed E-state index contributed by atoms with van der Waals surface area (Å²) in [5, 5.41) is 8.39. The number of nitrogens with two attached hydrogens (primary N) is 1. The van der Waals surface area contributed by atoms with Crippen molar-refractivity contribution in [1.29, 1.82) is 0 Å². The van der Waals surface area contributed by atoms with Gasteiger partial charge in [-0.15, -0.1) is 10.2 Å². The Hall–Kier alpha value is -1.67. The summed E-state index contributed by atoms with van der Waals surface area (Å²) in [6.07, 6.45) is 0. The van der Waals surface area contributed by atoms with Crippen molar-refractivity contribution in [2.75, 3.05) is 10.5 Å². The summed E-state index contributed by atoms with van der Waals surface area (Å²) in [6.45, 7) is 3.56. The Bertz CT molecular complexity index is 679. The molecule has 0 saturated carbocycles. The van der Waals surface area contributed by atoms with Gasteiger partial charge in [0.2, 0.25) is 5.13 Å². The van der Waals surface area contributed by atoms with Gasteiger partial charge in [0, 0.05) is 5.69 Å². The molecular formula is C10H12N4O2S2. The van der Waals surface area contributed by atoms with Gasteiger partial charge in [0.05, 0.1) is 4.90 Å². The number of nitrogens with zero attached hydrogens (tertiary/aromatic N) is 2. The summed E-state index contributed by atoms with van der Waals surface area (Å²) in [5.41, 5.74) is 6.97. The van der Waals surface area contributed by atoms with E-state index >= 15 is 0 Å². The highest BCUT2D eigenvalue weighted by Gasteiger charge is 2.17. The highest BCUT2D eigenvalue weighted by molar-refractivity contribution is 7.93. The first kappa shape index (κ1) is 12.8. The molecular weight excluding hydrogens is 272 g/mol. The average molecular weight is 284 g/mol. The van der Waals surface area contributed by atoms with Crippen molar-refractivity contribution in [3.8, 4) is 0 Å².